The first-order chi connectivity index (χ1) is 20.1. The molecule has 1 saturated heterocycles. The Kier molecular flexibility index (Phi) is 10.8. The topological polar surface area (TPSA) is 84.4 Å². The summed E-state index contributed by atoms with van der Waals surface area (Å²) in [6.45, 7) is 2.65. The highest BCUT2D eigenvalue weighted by atomic mass is 35.5. The molecule has 1 atom stereocenters. The molecule has 4 rings (SSSR count). The average molecular weight is 612 g/mol. The zero-order valence-corrected chi connectivity index (χ0v) is 25.4. The molecule has 1 unspecified atom stereocenters. The molecule has 0 bridgehead atoms. The van der Waals surface area contributed by atoms with Gasteiger partial charge in [0.2, 0.25) is 0 Å². The molecule has 1 fully saturated rings. The van der Waals surface area contributed by atoms with Crippen LogP contribution in [0.1, 0.15) is 33.5 Å². The van der Waals surface area contributed by atoms with Crippen LogP contribution in [0.25, 0.3) is 0 Å². The summed E-state index contributed by atoms with van der Waals surface area (Å²) in [6, 6.07) is 22.0. The summed E-state index contributed by atoms with van der Waals surface area (Å²) in [5.74, 6) is -1.33. The fourth-order valence-electron chi connectivity index (χ4n) is 5.15. The number of hydrogen-bond donors (Lipinski definition) is 1. The monoisotopic (exact) mass is 610 g/mol. The molecule has 0 aromatic heterocycles. The van der Waals surface area contributed by atoms with Crippen LogP contribution in [0.4, 0.5) is 4.79 Å². The number of aliphatic carboxylic acids is 1. The summed E-state index contributed by atoms with van der Waals surface area (Å²) >= 11 is 12.4. The standard InChI is InChI=1S/C32H36Cl2N4O4/c1-35(2)14-15-36(18-23-8-4-3-5-9-23)31(41)28-11-7-6-10-25(28)21-37-19-24(16-30(39)40)20-38(32(37)42)22-26-12-13-27(33)17-29(26)34/h3-13,17,24H,14-16,18-22H2,1-2H3,(H,39,40). The lowest BCUT2D eigenvalue weighted by Crippen LogP contribution is -2.53. The number of hydrogen-bond acceptors (Lipinski definition) is 4. The highest BCUT2D eigenvalue weighted by Gasteiger charge is 2.34. The Morgan fingerprint density at radius 3 is 2.17 bits per heavy atom. The van der Waals surface area contributed by atoms with Crippen molar-refractivity contribution in [2.24, 2.45) is 5.92 Å². The third-order valence-electron chi connectivity index (χ3n) is 7.27. The van der Waals surface area contributed by atoms with Gasteiger partial charge in [-0.05, 0) is 49.0 Å². The molecule has 1 aliphatic rings. The van der Waals surface area contributed by atoms with Crippen molar-refractivity contribution in [3.05, 3.63) is 105 Å². The van der Waals surface area contributed by atoms with Crippen LogP contribution in [0, 0.1) is 5.92 Å². The number of benzene rings is 3. The van der Waals surface area contributed by atoms with Crippen LogP contribution < -0.4 is 0 Å². The van der Waals surface area contributed by atoms with Crippen LogP contribution >= 0.6 is 23.2 Å². The highest BCUT2D eigenvalue weighted by molar-refractivity contribution is 6.35. The molecule has 8 nitrogen and oxygen atoms in total. The third-order valence-corrected chi connectivity index (χ3v) is 7.85. The Bertz CT molecular complexity index is 1400. The molecular weight excluding hydrogens is 575 g/mol. The van der Waals surface area contributed by atoms with Gasteiger partial charge in [0.15, 0.2) is 0 Å². The van der Waals surface area contributed by atoms with Gasteiger partial charge in [0.25, 0.3) is 5.91 Å². The summed E-state index contributed by atoms with van der Waals surface area (Å²) in [5.41, 5.74) is 2.98. The predicted octanol–water partition coefficient (Wildman–Crippen LogP) is 5.73. The number of carbonyl (C=O) groups is 3. The number of carboxylic acids is 1. The summed E-state index contributed by atoms with van der Waals surface area (Å²) in [6.07, 6.45) is -0.0788. The minimum atomic E-state index is -0.924. The third kappa shape index (κ3) is 8.47. The van der Waals surface area contributed by atoms with Crippen molar-refractivity contribution in [1.82, 2.24) is 19.6 Å². The lowest BCUT2D eigenvalue weighted by atomic mass is 9.99. The SMILES string of the molecule is CN(C)CCN(Cc1ccccc1)C(=O)c1ccccc1CN1CC(CC(=O)O)CN(Cc2ccc(Cl)cc2Cl)C1=O. The van der Waals surface area contributed by atoms with Crippen molar-refractivity contribution in [1.29, 1.82) is 0 Å². The molecule has 1 aliphatic heterocycles. The Morgan fingerprint density at radius 1 is 0.881 bits per heavy atom. The molecule has 3 aromatic rings. The van der Waals surface area contributed by atoms with E-state index in [1.165, 1.54) is 0 Å². The molecule has 42 heavy (non-hydrogen) atoms. The predicted molar refractivity (Wildman–Crippen MR) is 165 cm³/mol. The van der Waals surface area contributed by atoms with Gasteiger partial charge in [-0.3, -0.25) is 9.59 Å². The Balaban J connectivity index is 1.59. The fourth-order valence-corrected chi connectivity index (χ4v) is 5.62. The van der Waals surface area contributed by atoms with Gasteiger partial charge in [0, 0.05) is 67.3 Å². The zero-order chi connectivity index (χ0) is 30.2. The molecule has 3 aromatic carbocycles. The van der Waals surface area contributed by atoms with Crippen molar-refractivity contribution in [3.8, 4) is 0 Å². The molecule has 3 amide bonds. The highest BCUT2D eigenvalue weighted by Crippen LogP contribution is 2.27. The van der Waals surface area contributed by atoms with Gasteiger partial charge >= 0.3 is 12.0 Å². The Labute approximate surface area is 257 Å². The lowest BCUT2D eigenvalue weighted by molar-refractivity contribution is -0.138. The number of likely N-dealkylation sites (N-methyl/N-ethyl adjacent to an activating group) is 1. The largest absolute Gasteiger partial charge is 0.481 e. The van der Waals surface area contributed by atoms with Crippen LogP contribution in [0.5, 0.6) is 0 Å². The van der Waals surface area contributed by atoms with E-state index in [0.29, 0.717) is 40.8 Å². The van der Waals surface area contributed by atoms with Crippen molar-refractivity contribution in [3.63, 3.8) is 0 Å². The van der Waals surface area contributed by atoms with Crippen molar-refractivity contribution < 1.29 is 19.5 Å². The number of carbonyl (C=O) groups excluding carboxylic acids is 2. The minimum absolute atomic E-state index is 0.0788. The number of rotatable bonds is 12. The van der Waals surface area contributed by atoms with E-state index in [1.807, 2.05) is 72.4 Å². The zero-order valence-electron chi connectivity index (χ0n) is 23.9. The number of carboxylic acid groups (broad SMARTS) is 1. The second kappa shape index (κ2) is 14.5. The van der Waals surface area contributed by atoms with E-state index in [9.17, 15) is 19.5 Å². The van der Waals surface area contributed by atoms with E-state index in [4.69, 9.17) is 23.2 Å². The minimum Gasteiger partial charge on any atom is -0.481 e. The molecule has 0 aliphatic carbocycles. The molecule has 0 spiro atoms. The molecule has 1 heterocycles. The number of amides is 3. The van der Waals surface area contributed by atoms with Gasteiger partial charge in [-0.15, -0.1) is 0 Å². The first kappa shape index (κ1) is 31.3. The normalized spacial score (nSPS) is 15.3. The smallest absolute Gasteiger partial charge is 0.320 e. The summed E-state index contributed by atoms with van der Waals surface area (Å²) in [4.78, 5) is 46.4. The van der Waals surface area contributed by atoms with Crippen LogP contribution in [-0.2, 0) is 24.4 Å². The van der Waals surface area contributed by atoms with E-state index in [-0.39, 0.29) is 50.5 Å². The number of halogens is 2. The van der Waals surface area contributed by atoms with Crippen LogP contribution in [-0.4, -0.2) is 82.9 Å². The van der Waals surface area contributed by atoms with Crippen molar-refractivity contribution in [2.75, 3.05) is 40.3 Å². The van der Waals surface area contributed by atoms with E-state index in [2.05, 4.69) is 0 Å². The van der Waals surface area contributed by atoms with Gasteiger partial charge in [0.05, 0.1) is 6.42 Å². The molecule has 222 valence electrons. The second-order valence-electron chi connectivity index (χ2n) is 10.9. The van der Waals surface area contributed by atoms with Crippen molar-refractivity contribution >= 4 is 41.1 Å². The lowest BCUT2D eigenvalue weighted by Gasteiger charge is -2.40. The van der Waals surface area contributed by atoms with Crippen LogP contribution in [0.2, 0.25) is 10.0 Å². The fraction of sp³-hybridized carbons (Fsp3) is 0.344. The van der Waals surface area contributed by atoms with Gasteiger partial charge in [-0.25, -0.2) is 4.79 Å². The summed E-state index contributed by atoms with van der Waals surface area (Å²) < 4.78 is 0. The second-order valence-corrected chi connectivity index (χ2v) is 11.8. The van der Waals surface area contributed by atoms with Gasteiger partial charge in [-0.1, -0.05) is 77.8 Å². The van der Waals surface area contributed by atoms with Crippen LogP contribution in [0.15, 0.2) is 72.8 Å². The van der Waals surface area contributed by atoms with Crippen LogP contribution in [0.3, 0.4) is 0 Å². The van der Waals surface area contributed by atoms with Gasteiger partial charge < -0.3 is 24.7 Å². The quantitative estimate of drug-likeness (QED) is 0.283. The van der Waals surface area contributed by atoms with Gasteiger partial charge in [-0.2, -0.15) is 0 Å². The first-order valence-electron chi connectivity index (χ1n) is 13.9. The molecule has 0 saturated carbocycles. The van der Waals surface area contributed by atoms with E-state index >= 15 is 0 Å². The number of nitrogens with zero attached hydrogens (tertiary/aromatic N) is 4. The maximum atomic E-state index is 14.0. The molecule has 10 heteroatoms. The molecule has 0 radical (unpaired) electrons. The van der Waals surface area contributed by atoms with E-state index < -0.39 is 5.97 Å². The maximum Gasteiger partial charge on any atom is 0.320 e. The Hall–Kier alpha value is -3.59. The molecular formula is C32H36Cl2N4O4. The summed E-state index contributed by atoms with van der Waals surface area (Å²) in [7, 11) is 3.94. The Morgan fingerprint density at radius 2 is 1.52 bits per heavy atom. The number of urea groups is 1. The first-order valence-corrected chi connectivity index (χ1v) is 14.6. The van der Waals surface area contributed by atoms with Gasteiger partial charge in [0.1, 0.15) is 0 Å². The van der Waals surface area contributed by atoms with Crippen molar-refractivity contribution in [2.45, 2.75) is 26.1 Å². The molecule has 1 N–H and O–H groups in total. The maximum absolute atomic E-state index is 14.0. The van der Waals surface area contributed by atoms with E-state index in [0.717, 1.165) is 11.1 Å². The summed E-state index contributed by atoms with van der Waals surface area (Å²) in [5, 5.41) is 10.5. The average Bonchev–Trinajstić information content (AvgIpc) is 2.95. The van der Waals surface area contributed by atoms with E-state index in [1.54, 1.807) is 34.1 Å².